The van der Waals surface area contributed by atoms with E-state index in [9.17, 15) is 14.4 Å². The maximum Gasteiger partial charge on any atom is 0.409 e. The van der Waals surface area contributed by atoms with Gasteiger partial charge in [-0.25, -0.2) is 9.59 Å². The van der Waals surface area contributed by atoms with Gasteiger partial charge < -0.3 is 25.4 Å². The first-order chi connectivity index (χ1) is 13.6. The molecular formula is C21H31N3O5. The fourth-order valence-electron chi connectivity index (χ4n) is 3.28. The van der Waals surface area contributed by atoms with Crippen molar-refractivity contribution in [1.82, 2.24) is 4.90 Å². The molecule has 2 rings (SSSR count). The van der Waals surface area contributed by atoms with Gasteiger partial charge in [0.1, 0.15) is 5.60 Å². The number of esters is 1. The fourth-order valence-corrected chi connectivity index (χ4v) is 3.28. The van der Waals surface area contributed by atoms with Crippen LogP contribution < -0.4 is 11.1 Å². The Balaban J connectivity index is 1.87. The van der Waals surface area contributed by atoms with Gasteiger partial charge >= 0.3 is 12.1 Å². The Bertz CT molecular complexity index is 727. The lowest BCUT2D eigenvalue weighted by Gasteiger charge is -2.32. The minimum Gasteiger partial charge on any atom is -0.456 e. The summed E-state index contributed by atoms with van der Waals surface area (Å²) in [7, 11) is 1.36. The summed E-state index contributed by atoms with van der Waals surface area (Å²) in [6.45, 7) is 6.61. The predicted molar refractivity (Wildman–Crippen MR) is 110 cm³/mol. The highest BCUT2D eigenvalue weighted by Crippen LogP contribution is 2.22. The first kappa shape index (κ1) is 22.7. The van der Waals surface area contributed by atoms with Crippen molar-refractivity contribution in [3.8, 4) is 0 Å². The summed E-state index contributed by atoms with van der Waals surface area (Å²) in [5, 5.41) is 2.77. The van der Waals surface area contributed by atoms with E-state index in [1.54, 1.807) is 49.9 Å². The SMILES string of the molecule is COC(=O)N1CCCC(CC(N)C(=O)Nc2ccc(C(=O)OC(C)(C)C)cc2)C1. The molecule has 2 unspecified atom stereocenters. The van der Waals surface area contributed by atoms with Crippen LogP contribution in [0.15, 0.2) is 24.3 Å². The molecule has 1 fully saturated rings. The number of anilines is 1. The van der Waals surface area contributed by atoms with Crippen LogP contribution in [0.25, 0.3) is 0 Å². The van der Waals surface area contributed by atoms with Gasteiger partial charge in [0, 0.05) is 18.8 Å². The normalized spacial score (nSPS) is 18.0. The minimum absolute atomic E-state index is 0.151. The molecule has 3 N–H and O–H groups in total. The number of hydrogen-bond acceptors (Lipinski definition) is 6. The van der Waals surface area contributed by atoms with E-state index in [0.29, 0.717) is 30.8 Å². The smallest absolute Gasteiger partial charge is 0.409 e. The number of carbonyl (C=O) groups is 3. The maximum atomic E-state index is 12.4. The van der Waals surface area contributed by atoms with Gasteiger partial charge in [-0.05, 0) is 70.2 Å². The van der Waals surface area contributed by atoms with Gasteiger partial charge in [-0.2, -0.15) is 0 Å². The summed E-state index contributed by atoms with van der Waals surface area (Å²) in [5.74, 6) is -0.567. The predicted octanol–water partition coefficient (Wildman–Crippen LogP) is 2.78. The lowest BCUT2D eigenvalue weighted by atomic mass is 9.91. The molecule has 0 aromatic heterocycles. The van der Waals surface area contributed by atoms with Crippen LogP contribution in [0.4, 0.5) is 10.5 Å². The zero-order valence-electron chi connectivity index (χ0n) is 17.6. The zero-order valence-corrected chi connectivity index (χ0v) is 17.6. The summed E-state index contributed by atoms with van der Waals surface area (Å²) in [6, 6.07) is 5.80. The molecule has 2 atom stereocenters. The second kappa shape index (κ2) is 9.73. The zero-order chi connectivity index (χ0) is 21.6. The average molecular weight is 405 g/mol. The van der Waals surface area contributed by atoms with Crippen LogP contribution in [0, 0.1) is 5.92 Å². The summed E-state index contributed by atoms with van der Waals surface area (Å²) < 4.78 is 10.1. The number of nitrogens with two attached hydrogens (primary N) is 1. The largest absolute Gasteiger partial charge is 0.456 e. The first-order valence-electron chi connectivity index (χ1n) is 9.82. The number of hydrogen-bond donors (Lipinski definition) is 2. The van der Waals surface area contributed by atoms with Crippen LogP contribution >= 0.6 is 0 Å². The van der Waals surface area contributed by atoms with E-state index in [1.807, 2.05) is 0 Å². The van der Waals surface area contributed by atoms with E-state index in [0.717, 1.165) is 12.8 Å². The Morgan fingerprint density at radius 1 is 1.24 bits per heavy atom. The molecule has 8 heteroatoms. The van der Waals surface area contributed by atoms with Crippen LogP contribution in [0.3, 0.4) is 0 Å². The van der Waals surface area contributed by atoms with Crippen molar-refractivity contribution in [2.45, 2.75) is 51.7 Å². The molecule has 8 nitrogen and oxygen atoms in total. The van der Waals surface area contributed by atoms with Crippen molar-refractivity contribution >= 4 is 23.7 Å². The highest BCUT2D eigenvalue weighted by atomic mass is 16.6. The van der Waals surface area contributed by atoms with Gasteiger partial charge in [-0.15, -0.1) is 0 Å². The van der Waals surface area contributed by atoms with Crippen LogP contribution in [-0.2, 0) is 14.3 Å². The summed E-state index contributed by atoms with van der Waals surface area (Å²) in [6.07, 6.45) is 1.91. The van der Waals surface area contributed by atoms with E-state index in [2.05, 4.69) is 5.32 Å². The quantitative estimate of drug-likeness (QED) is 0.729. The number of amides is 2. The van der Waals surface area contributed by atoms with E-state index in [4.69, 9.17) is 15.2 Å². The highest BCUT2D eigenvalue weighted by molar-refractivity contribution is 5.95. The highest BCUT2D eigenvalue weighted by Gasteiger charge is 2.27. The Morgan fingerprint density at radius 2 is 1.90 bits per heavy atom. The first-order valence-corrected chi connectivity index (χ1v) is 9.82. The van der Waals surface area contributed by atoms with Gasteiger partial charge in [0.05, 0.1) is 18.7 Å². The van der Waals surface area contributed by atoms with Crippen molar-refractivity contribution in [2.24, 2.45) is 11.7 Å². The third-order valence-corrected chi connectivity index (χ3v) is 4.66. The van der Waals surface area contributed by atoms with E-state index in [1.165, 1.54) is 7.11 Å². The third-order valence-electron chi connectivity index (χ3n) is 4.66. The summed E-state index contributed by atoms with van der Waals surface area (Å²) >= 11 is 0. The summed E-state index contributed by atoms with van der Waals surface area (Å²) in [4.78, 5) is 37.8. The molecule has 160 valence electrons. The molecular weight excluding hydrogens is 374 g/mol. The van der Waals surface area contributed by atoms with Crippen molar-refractivity contribution in [2.75, 3.05) is 25.5 Å². The topological polar surface area (TPSA) is 111 Å². The van der Waals surface area contributed by atoms with Crippen molar-refractivity contribution in [1.29, 1.82) is 0 Å². The van der Waals surface area contributed by atoms with Crippen molar-refractivity contribution in [3.63, 3.8) is 0 Å². The molecule has 1 aliphatic rings. The number of piperidine rings is 1. The fraction of sp³-hybridized carbons (Fsp3) is 0.571. The molecule has 1 saturated heterocycles. The summed E-state index contributed by atoms with van der Waals surface area (Å²) in [5.41, 5.74) is 6.47. The number of likely N-dealkylation sites (tertiary alicyclic amines) is 1. The van der Waals surface area contributed by atoms with Crippen LogP contribution in [-0.4, -0.2) is 54.7 Å². The molecule has 1 heterocycles. The molecule has 0 radical (unpaired) electrons. The van der Waals surface area contributed by atoms with E-state index < -0.39 is 17.6 Å². The maximum absolute atomic E-state index is 12.4. The second-order valence-electron chi connectivity index (χ2n) is 8.33. The number of nitrogens with zero attached hydrogens (tertiary/aromatic N) is 1. The number of nitrogens with one attached hydrogen (secondary N) is 1. The van der Waals surface area contributed by atoms with E-state index in [-0.39, 0.29) is 17.9 Å². The van der Waals surface area contributed by atoms with Crippen LogP contribution in [0.1, 0.15) is 50.4 Å². The average Bonchev–Trinajstić information content (AvgIpc) is 2.66. The van der Waals surface area contributed by atoms with Gasteiger partial charge in [0.2, 0.25) is 5.91 Å². The number of rotatable bonds is 5. The molecule has 0 saturated carbocycles. The molecule has 0 bridgehead atoms. The number of carbonyl (C=O) groups excluding carboxylic acids is 3. The second-order valence-corrected chi connectivity index (χ2v) is 8.33. The monoisotopic (exact) mass is 405 g/mol. The van der Waals surface area contributed by atoms with Gasteiger partial charge in [0.25, 0.3) is 0 Å². The molecule has 1 aliphatic heterocycles. The van der Waals surface area contributed by atoms with Crippen molar-refractivity contribution in [3.05, 3.63) is 29.8 Å². The van der Waals surface area contributed by atoms with Crippen LogP contribution in [0.5, 0.6) is 0 Å². The standard InChI is InChI=1S/C21H31N3O5/c1-21(2,3)29-19(26)15-7-9-16(10-8-15)23-18(25)17(22)12-14-6-5-11-24(13-14)20(27)28-4/h7-10,14,17H,5-6,11-13,22H2,1-4H3,(H,23,25). The Morgan fingerprint density at radius 3 is 2.48 bits per heavy atom. The Hall–Kier alpha value is -2.61. The van der Waals surface area contributed by atoms with Gasteiger partial charge in [-0.3, -0.25) is 4.79 Å². The minimum atomic E-state index is -0.692. The van der Waals surface area contributed by atoms with E-state index >= 15 is 0 Å². The molecule has 1 aromatic carbocycles. The molecule has 2 amide bonds. The third kappa shape index (κ3) is 7.05. The number of methoxy groups -OCH3 is 1. The molecule has 0 spiro atoms. The lowest BCUT2D eigenvalue weighted by molar-refractivity contribution is -0.117. The van der Waals surface area contributed by atoms with Gasteiger partial charge in [0.15, 0.2) is 0 Å². The Kier molecular flexibility index (Phi) is 7.61. The molecule has 0 aliphatic carbocycles. The molecule has 1 aromatic rings. The van der Waals surface area contributed by atoms with Crippen LogP contribution in [0.2, 0.25) is 0 Å². The van der Waals surface area contributed by atoms with Crippen molar-refractivity contribution < 1.29 is 23.9 Å². The lowest BCUT2D eigenvalue weighted by Crippen LogP contribution is -2.44. The molecule has 29 heavy (non-hydrogen) atoms. The Labute approximate surface area is 171 Å². The van der Waals surface area contributed by atoms with Gasteiger partial charge in [-0.1, -0.05) is 0 Å². The number of benzene rings is 1. The number of ether oxygens (including phenoxy) is 2.